The summed E-state index contributed by atoms with van der Waals surface area (Å²) < 4.78 is 5.49. The van der Waals surface area contributed by atoms with Crippen LogP contribution in [-0.4, -0.2) is 26.3 Å². The van der Waals surface area contributed by atoms with E-state index in [9.17, 15) is 0 Å². The van der Waals surface area contributed by atoms with E-state index in [1.807, 2.05) is 0 Å². The molecule has 58 valence electrons. The molecule has 0 amide bonds. The van der Waals surface area contributed by atoms with Crippen LogP contribution in [0.3, 0.4) is 0 Å². The van der Waals surface area contributed by atoms with Crippen LogP contribution in [0, 0.1) is 5.41 Å². The van der Waals surface area contributed by atoms with Gasteiger partial charge in [0.2, 0.25) is 0 Å². The van der Waals surface area contributed by atoms with E-state index in [4.69, 9.17) is 4.74 Å². The first kappa shape index (κ1) is 6.62. The molecule has 10 heavy (non-hydrogen) atoms. The lowest BCUT2D eigenvalue weighted by Crippen LogP contribution is -2.29. The highest BCUT2D eigenvalue weighted by Crippen LogP contribution is 2.48. The Kier molecular flexibility index (Phi) is 1.66. The molecule has 2 heteroatoms. The normalized spacial score (nSPS) is 31.2. The number of nitrogens with one attached hydrogen (secondary N) is 1. The van der Waals surface area contributed by atoms with Crippen LogP contribution in [0.2, 0.25) is 0 Å². The number of rotatable bonds is 0. The van der Waals surface area contributed by atoms with Gasteiger partial charge < -0.3 is 10.1 Å². The van der Waals surface area contributed by atoms with Crippen molar-refractivity contribution in [2.75, 3.05) is 26.3 Å². The second-order valence-corrected chi connectivity index (χ2v) is 3.55. The minimum absolute atomic E-state index is 0.618. The number of hydrogen-bond acceptors (Lipinski definition) is 2. The molecular weight excluding hydrogens is 126 g/mol. The van der Waals surface area contributed by atoms with Gasteiger partial charge in [-0.3, -0.25) is 0 Å². The Bertz CT molecular complexity index is 110. The number of ether oxygens (including phenoxy) is 1. The highest BCUT2D eigenvalue weighted by atomic mass is 16.5. The van der Waals surface area contributed by atoms with Gasteiger partial charge in [0.05, 0.1) is 13.2 Å². The van der Waals surface area contributed by atoms with E-state index < -0.39 is 0 Å². The molecule has 0 atom stereocenters. The molecule has 1 aliphatic carbocycles. The first-order valence-electron chi connectivity index (χ1n) is 4.20. The smallest absolute Gasteiger partial charge is 0.0591 e. The standard InChI is InChI=1S/C8H15NO/c1-2-8(1)3-4-9-5-6-10-7-8/h9H,1-7H2. The molecule has 0 bridgehead atoms. The highest BCUT2D eigenvalue weighted by molar-refractivity contribution is 4.93. The van der Waals surface area contributed by atoms with E-state index in [-0.39, 0.29) is 0 Å². The molecule has 2 fully saturated rings. The van der Waals surface area contributed by atoms with Crippen LogP contribution < -0.4 is 5.32 Å². The van der Waals surface area contributed by atoms with Crippen LogP contribution in [0.5, 0.6) is 0 Å². The lowest BCUT2D eigenvalue weighted by atomic mass is 10.0. The molecule has 1 heterocycles. The van der Waals surface area contributed by atoms with E-state index in [2.05, 4.69) is 5.32 Å². The Balaban J connectivity index is 1.84. The minimum Gasteiger partial charge on any atom is -0.380 e. The third-order valence-electron chi connectivity index (χ3n) is 2.62. The maximum atomic E-state index is 5.49. The molecule has 1 N–H and O–H groups in total. The summed E-state index contributed by atoms with van der Waals surface area (Å²) in [4.78, 5) is 0. The summed E-state index contributed by atoms with van der Waals surface area (Å²) in [6, 6.07) is 0. The van der Waals surface area contributed by atoms with Gasteiger partial charge in [-0.1, -0.05) is 0 Å². The average molecular weight is 141 g/mol. The molecule has 2 nitrogen and oxygen atoms in total. The van der Waals surface area contributed by atoms with E-state index in [0.717, 1.165) is 19.8 Å². The Hall–Kier alpha value is -0.0800. The Morgan fingerprint density at radius 2 is 2.00 bits per heavy atom. The van der Waals surface area contributed by atoms with Crippen molar-refractivity contribution < 1.29 is 4.74 Å². The number of hydrogen-bond donors (Lipinski definition) is 1. The maximum absolute atomic E-state index is 5.49. The lowest BCUT2D eigenvalue weighted by molar-refractivity contribution is 0.0774. The minimum atomic E-state index is 0.618. The molecule has 0 aromatic rings. The third-order valence-corrected chi connectivity index (χ3v) is 2.62. The van der Waals surface area contributed by atoms with E-state index in [1.165, 1.54) is 25.8 Å². The van der Waals surface area contributed by atoms with Crippen molar-refractivity contribution in [3.8, 4) is 0 Å². The van der Waals surface area contributed by atoms with Gasteiger partial charge >= 0.3 is 0 Å². The Morgan fingerprint density at radius 3 is 2.80 bits per heavy atom. The fourth-order valence-corrected chi connectivity index (χ4v) is 1.55. The summed E-state index contributed by atoms with van der Waals surface area (Å²) in [7, 11) is 0. The zero-order chi connectivity index (χ0) is 6.86. The van der Waals surface area contributed by atoms with E-state index in [0.29, 0.717) is 5.41 Å². The Labute approximate surface area is 61.9 Å². The molecule has 1 aliphatic heterocycles. The van der Waals surface area contributed by atoms with Crippen LogP contribution in [-0.2, 0) is 4.74 Å². The molecule has 0 radical (unpaired) electrons. The van der Waals surface area contributed by atoms with Crippen LogP contribution in [0.1, 0.15) is 19.3 Å². The summed E-state index contributed by atoms with van der Waals surface area (Å²) in [6.07, 6.45) is 4.12. The topological polar surface area (TPSA) is 21.3 Å². The highest BCUT2D eigenvalue weighted by Gasteiger charge is 2.42. The van der Waals surface area contributed by atoms with Crippen LogP contribution >= 0.6 is 0 Å². The van der Waals surface area contributed by atoms with Crippen molar-refractivity contribution >= 4 is 0 Å². The van der Waals surface area contributed by atoms with Gasteiger partial charge in [-0.15, -0.1) is 0 Å². The Morgan fingerprint density at radius 1 is 1.10 bits per heavy atom. The molecule has 0 aromatic carbocycles. The van der Waals surface area contributed by atoms with Crippen LogP contribution in [0.4, 0.5) is 0 Å². The van der Waals surface area contributed by atoms with Crippen molar-refractivity contribution in [3.63, 3.8) is 0 Å². The molecule has 1 saturated heterocycles. The van der Waals surface area contributed by atoms with Gasteiger partial charge in [0, 0.05) is 6.54 Å². The van der Waals surface area contributed by atoms with Gasteiger partial charge in [-0.2, -0.15) is 0 Å². The van der Waals surface area contributed by atoms with Crippen molar-refractivity contribution in [1.29, 1.82) is 0 Å². The van der Waals surface area contributed by atoms with Gasteiger partial charge in [0.25, 0.3) is 0 Å². The van der Waals surface area contributed by atoms with Crippen LogP contribution in [0.15, 0.2) is 0 Å². The third kappa shape index (κ3) is 1.32. The quantitative estimate of drug-likeness (QED) is 0.538. The van der Waals surface area contributed by atoms with E-state index >= 15 is 0 Å². The molecule has 1 saturated carbocycles. The SMILES string of the molecule is C1COCC2(CCN1)CC2. The second-order valence-electron chi connectivity index (χ2n) is 3.55. The predicted octanol–water partition coefficient (Wildman–Crippen LogP) is 0.776. The molecule has 0 unspecified atom stereocenters. The summed E-state index contributed by atoms with van der Waals surface area (Å²) in [5.74, 6) is 0. The molecule has 2 aliphatic rings. The van der Waals surface area contributed by atoms with Crippen molar-refractivity contribution in [2.45, 2.75) is 19.3 Å². The predicted molar refractivity (Wildman–Crippen MR) is 40.0 cm³/mol. The average Bonchev–Trinajstić information content (AvgIpc) is 2.61. The molecule has 2 rings (SSSR count). The monoisotopic (exact) mass is 141 g/mol. The van der Waals surface area contributed by atoms with Crippen LogP contribution in [0.25, 0.3) is 0 Å². The second kappa shape index (κ2) is 2.51. The van der Waals surface area contributed by atoms with Gasteiger partial charge in [-0.05, 0) is 31.2 Å². The van der Waals surface area contributed by atoms with Crippen molar-refractivity contribution in [1.82, 2.24) is 5.32 Å². The summed E-state index contributed by atoms with van der Waals surface area (Å²) in [5.41, 5.74) is 0.618. The first-order chi connectivity index (χ1) is 4.91. The lowest BCUT2D eigenvalue weighted by Gasteiger charge is -2.19. The first-order valence-corrected chi connectivity index (χ1v) is 4.20. The zero-order valence-electron chi connectivity index (χ0n) is 6.36. The fraction of sp³-hybridized carbons (Fsp3) is 1.00. The largest absolute Gasteiger partial charge is 0.380 e. The summed E-state index contributed by atoms with van der Waals surface area (Å²) in [5, 5.41) is 3.36. The molecule has 0 aromatic heterocycles. The maximum Gasteiger partial charge on any atom is 0.0591 e. The van der Waals surface area contributed by atoms with Gasteiger partial charge in [0.1, 0.15) is 0 Å². The van der Waals surface area contributed by atoms with Crippen molar-refractivity contribution in [3.05, 3.63) is 0 Å². The molecule has 1 spiro atoms. The fourth-order valence-electron chi connectivity index (χ4n) is 1.55. The van der Waals surface area contributed by atoms with Gasteiger partial charge in [0.15, 0.2) is 0 Å². The summed E-state index contributed by atoms with van der Waals surface area (Å²) in [6.45, 7) is 4.16. The summed E-state index contributed by atoms with van der Waals surface area (Å²) >= 11 is 0. The van der Waals surface area contributed by atoms with E-state index in [1.54, 1.807) is 0 Å². The van der Waals surface area contributed by atoms with Gasteiger partial charge in [-0.25, -0.2) is 0 Å². The zero-order valence-corrected chi connectivity index (χ0v) is 6.36. The molecular formula is C8H15NO. The van der Waals surface area contributed by atoms with Crippen molar-refractivity contribution in [2.24, 2.45) is 5.41 Å².